The molecule has 0 saturated heterocycles. The zero-order chi connectivity index (χ0) is 12.9. The van der Waals surface area contributed by atoms with E-state index in [0.717, 1.165) is 0 Å². The van der Waals surface area contributed by atoms with E-state index in [1.165, 1.54) is 33.0 Å². The Bertz CT molecular complexity index is 360. The average molecular weight is 251 g/mol. The monoisotopic (exact) mass is 251 g/mol. The number of ether oxygens (including phenoxy) is 1. The second kappa shape index (κ2) is 5.83. The molecule has 6 nitrogen and oxygen atoms in total. The summed E-state index contributed by atoms with van der Waals surface area (Å²) in [7, 11) is 0.535. The summed E-state index contributed by atoms with van der Waals surface area (Å²) in [6.45, 7) is 1.38. The Balaban J connectivity index is 4.55. The number of nitrogens with zero attached hydrogens (tertiary/aromatic N) is 1. The first-order chi connectivity index (χ1) is 7.20. The number of hydrogen-bond donors (Lipinski definition) is 0. The van der Waals surface area contributed by atoms with Gasteiger partial charge in [0.1, 0.15) is 5.75 Å². The Labute approximate surface area is 95.5 Å². The number of esters is 1. The van der Waals surface area contributed by atoms with E-state index < -0.39 is 32.7 Å². The summed E-state index contributed by atoms with van der Waals surface area (Å²) in [5.74, 6) is -1.69. The highest BCUT2D eigenvalue weighted by atomic mass is 32.2. The van der Waals surface area contributed by atoms with Gasteiger partial charge < -0.3 is 9.64 Å². The molecule has 0 bridgehead atoms. The maximum Gasteiger partial charge on any atom is 0.306 e. The highest BCUT2D eigenvalue weighted by Gasteiger charge is 2.27. The fourth-order valence-electron chi connectivity index (χ4n) is 0.888. The fourth-order valence-corrected chi connectivity index (χ4v) is 2.17. The highest BCUT2D eigenvalue weighted by molar-refractivity contribution is 7.92. The molecule has 1 amide bonds. The van der Waals surface area contributed by atoms with Gasteiger partial charge in [-0.15, -0.1) is 0 Å². The quantitative estimate of drug-likeness (QED) is 0.612. The Morgan fingerprint density at radius 3 is 2.19 bits per heavy atom. The van der Waals surface area contributed by atoms with Crippen LogP contribution in [0.2, 0.25) is 0 Å². The van der Waals surface area contributed by atoms with Crippen molar-refractivity contribution in [3.63, 3.8) is 0 Å². The smallest absolute Gasteiger partial charge is 0.306 e. The number of methoxy groups -OCH3 is 1. The van der Waals surface area contributed by atoms with E-state index in [1.807, 2.05) is 0 Å². The van der Waals surface area contributed by atoms with Crippen molar-refractivity contribution in [1.82, 2.24) is 4.90 Å². The van der Waals surface area contributed by atoms with Crippen molar-refractivity contribution >= 4 is 21.7 Å². The standard InChI is InChI=1S/C9H17NO5S/c1-7(5-9(12)15-4)16(13,14)6-8(11)10(2)3/h7H,5-6H2,1-4H3. The normalized spacial score (nSPS) is 13.0. The van der Waals surface area contributed by atoms with Crippen LogP contribution in [-0.2, 0) is 24.2 Å². The van der Waals surface area contributed by atoms with E-state index in [4.69, 9.17) is 0 Å². The average Bonchev–Trinajstić information content (AvgIpc) is 2.16. The van der Waals surface area contributed by atoms with Gasteiger partial charge in [-0.1, -0.05) is 0 Å². The number of amides is 1. The van der Waals surface area contributed by atoms with Crippen LogP contribution in [0.25, 0.3) is 0 Å². The summed E-state index contributed by atoms with van der Waals surface area (Å²) in [6, 6.07) is 0. The van der Waals surface area contributed by atoms with E-state index in [-0.39, 0.29) is 6.42 Å². The Morgan fingerprint density at radius 1 is 1.31 bits per heavy atom. The molecule has 0 aromatic rings. The molecule has 1 unspecified atom stereocenters. The van der Waals surface area contributed by atoms with Crippen LogP contribution in [0.1, 0.15) is 13.3 Å². The zero-order valence-corrected chi connectivity index (χ0v) is 10.7. The molecular weight excluding hydrogens is 234 g/mol. The van der Waals surface area contributed by atoms with Crippen molar-refractivity contribution < 1.29 is 22.7 Å². The third-order valence-electron chi connectivity index (χ3n) is 2.12. The van der Waals surface area contributed by atoms with Crippen LogP contribution in [0.15, 0.2) is 0 Å². The van der Waals surface area contributed by atoms with E-state index in [2.05, 4.69) is 4.74 Å². The van der Waals surface area contributed by atoms with E-state index >= 15 is 0 Å². The molecule has 7 heteroatoms. The minimum absolute atomic E-state index is 0.237. The van der Waals surface area contributed by atoms with Crippen LogP contribution >= 0.6 is 0 Å². The molecule has 0 aromatic carbocycles. The lowest BCUT2D eigenvalue weighted by atomic mass is 10.3. The molecule has 0 aliphatic heterocycles. The van der Waals surface area contributed by atoms with Crippen molar-refractivity contribution in [2.45, 2.75) is 18.6 Å². The van der Waals surface area contributed by atoms with Gasteiger partial charge in [-0.05, 0) is 6.92 Å². The first-order valence-corrected chi connectivity index (χ1v) is 6.40. The van der Waals surface area contributed by atoms with Gasteiger partial charge in [0.2, 0.25) is 5.91 Å². The number of rotatable bonds is 5. The molecule has 94 valence electrons. The maximum absolute atomic E-state index is 11.6. The van der Waals surface area contributed by atoms with Crippen LogP contribution in [0.5, 0.6) is 0 Å². The van der Waals surface area contributed by atoms with Gasteiger partial charge in [0, 0.05) is 14.1 Å². The van der Waals surface area contributed by atoms with Gasteiger partial charge in [-0.3, -0.25) is 9.59 Å². The number of carbonyl (C=O) groups is 2. The van der Waals surface area contributed by atoms with Crippen molar-refractivity contribution in [3.05, 3.63) is 0 Å². The lowest BCUT2D eigenvalue weighted by Crippen LogP contribution is -2.34. The van der Waals surface area contributed by atoms with E-state index in [1.54, 1.807) is 0 Å². The summed E-state index contributed by atoms with van der Waals surface area (Å²) in [6.07, 6.45) is -0.237. The molecule has 0 saturated carbocycles. The molecule has 0 aliphatic carbocycles. The largest absolute Gasteiger partial charge is 0.469 e. The third-order valence-corrected chi connectivity index (χ3v) is 4.16. The van der Waals surface area contributed by atoms with Gasteiger partial charge in [-0.2, -0.15) is 0 Å². The molecule has 16 heavy (non-hydrogen) atoms. The Hall–Kier alpha value is -1.11. The minimum Gasteiger partial charge on any atom is -0.469 e. The summed E-state index contributed by atoms with van der Waals surface area (Å²) in [5, 5.41) is -0.913. The van der Waals surface area contributed by atoms with Crippen LogP contribution in [0.3, 0.4) is 0 Å². The molecule has 0 rings (SSSR count). The number of sulfone groups is 1. The zero-order valence-electron chi connectivity index (χ0n) is 9.89. The van der Waals surface area contributed by atoms with Crippen molar-refractivity contribution in [3.8, 4) is 0 Å². The molecule has 0 N–H and O–H groups in total. The molecule has 0 radical (unpaired) electrons. The minimum atomic E-state index is -3.60. The number of hydrogen-bond acceptors (Lipinski definition) is 5. The van der Waals surface area contributed by atoms with Crippen LogP contribution in [0.4, 0.5) is 0 Å². The van der Waals surface area contributed by atoms with Gasteiger partial charge >= 0.3 is 5.97 Å². The molecular formula is C9H17NO5S. The Morgan fingerprint density at radius 2 is 1.81 bits per heavy atom. The third kappa shape index (κ3) is 4.61. The molecule has 0 fully saturated rings. The van der Waals surface area contributed by atoms with Crippen molar-refractivity contribution in [1.29, 1.82) is 0 Å². The molecule has 0 aromatic heterocycles. The highest BCUT2D eigenvalue weighted by Crippen LogP contribution is 2.08. The van der Waals surface area contributed by atoms with E-state index in [9.17, 15) is 18.0 Å². The van der Waals surface area contributed by atoms with Crippen LogP contribution < -0.4 is 0 Å². The SMILES string of the molecule is COC(=O)CC(C)S(=O)(=O)CC(=O)N(C)C. The summed E-state index contributed by atoms with van der Waals surface area (Å²) < 4.78 is 27.7. The van der Waals surface area contributed by atoms with E-state index in [0.29, 0.717) is 0 Å². The maximum atomic E-state index is 11.6. The second-order valence-electron chi connectivity index (χ2n) is 3.69. The lowest BCUT2D eigenvalue weighted by Gasteiger charge is -2.14. The molecule has 0 heterocycles. The van der Waals surface area contributed by atoms with Crippen molar-refractivity contribution in [2.75, 3.05) is 27.0 Å². The first kappa shape index (κ1) is 14.9. The number of carbonyl (C=O) groups excluding carboxylic acids is 2. The van der Waals surface area contributed by atoms with Gasteiger partial charge in [0.25, 0.3) is 0 Å². The predicted octanol–water partition coefficient (Wildman–Crippen LogP) is -0.559. The first-order valence-electron chi connectivity index (χ1n) is 4.69. The lowest BCUT2D eigenvalue weighted by molar-refractivity contribution is -0.140. The predicted molar refractivity (Wildman–Crippen MR) is 58.6 cm³/mol. The second-order valence-corrected chi connectivity index (χ2v) is 6.11. The molecule has 1 atom stereocenters. The van der Waals surface area contributed by atoms with Gasteiger partial charge in [-0.25, -0.2) is 8.42 Å². The summed E-state index contributed by atoms with van der Waals surface area (Å²) in [4.78, 5) is 23.4. The van der Waals surface area contributed by atoms with Gasteiger partial charge in [0.15, 0.2) is 9.84 Å². The summed E-state index contributed by atoms with van der Waals surface area (Å²) in [5.41, 5.74) is 0. The topological polar surface area (TPSA) is 80.8 Å². The Kier molecular flexibility index (Phi) is 5.43. The molecule has 0 spiro atoms. The van der Waals surface area contributed by atoms with Crippen molar-refractivity contribution in [2.24, 2.45) is 0 Å². The van der Waals surface area contributed by atoms with Crippen LogP contribution in [0, 0.1) is 0 Å². The molecule has 0 aliphatic rings. The van der Waals surface area contributed by atoms with Gasteiger partial charge in [0.05, 0.1) is 18.8 Å². The van der Waals surface area contributed by atoms with Crippen LogP contribution in [-0.4, -0.2) is 57.4 Å². The summed E-state index contributed by atoms with van der Waals surface area (Å²) >= 11 is 0. The fraction of sp³-hybridized carbons (Fsp3) is 0.778.